The summed E-state index contributed by atoms with van der Waals surface area (Å²) in [6.45, 7) is 3.33. The van der Waals surface area contributed by atoms with Gasteiger partial charge in [-0.15, -0.1) is 0 Å². The number of hydrogen-bond acceptors (Lipinski definition) is 6. The van der Waals surface area contributed by atoms with Gasteiger partial charge in [0.05, 0.1) is 12.7 Å². The summed E-state index contributed by atoms with van der Waals surface area (Å²) in [6.07, 6.45) is -1.53. The molecule has 2 unspecified atom stereocenters. The largest absolute Gasteiger partial charge is 0.394 e. The van der Waals surface area contributed by atoms with Crippen LogP contribution in [0.3, 0.4) is 0 Å². The Morgan fingerprint density at radius 3 is 2.53 bits per heavy atom. The lowest BCUT2D eigenvalue weighted by Gasteiger charge is -2.40. The monoisotopic (exact) mass is 276 g/mol. The van der Waals surface area contributed by atoms with E-state index >= 15 is 0 Å². The molecule has 112 valence electrons. The van der Waals surface area contributed by atoms with E-state index in [0.29, 0.717) is 13.0 Å². The lowest BCUT2D eigenvalue weighted by Crippen LogP contribution is -2.55. The molecule has 0 aromatic rings. The van der Waals surface area contributed by atoms with Gasteiger partial charge in [-0.05, 0) is 19.8 Å². The van der Waals surface area contributed by atoms with Gasteiger partial charge in [0.25, 0.3) is 0 Å². The van der Waals surface area contributed by atoms with Crippen LogP contribution in [0.25, 0.3) is 0 Å². The summed E-state index contributed by atoms with van der Waals surface area (Å²) in [5.74, 6) is -0.216. The molecule has 3 N–H and O–H groups in total. The van der Waals surface area contributed by atoms with Crippen molar-refractivity contribution in [3.63, 3.8) is 0 Å². The number of carbonyl (C=O) groups excluding carboxylic acids is 1. The fourth-order valence-electron chi connectivity index (χ4n) is 2.09. The van der Waals surface area contributed by atoms with Crippen LogP contribution in [0.4, 0.5) is 0 Å². The first-order valence-corrected chi connectivity index (χ1v) is 6.71. The third kappa shape index (κ3) is 4.81. The lowest BCUT2D eigenvalue weighted by atomic mass is 9.92. The van der Waals surface area contributed by atoms with Gasteiger partial charge in [-0.3, -0.25) is 0 Å². The topological polar surface area (TPSA) is 96.2 Å². The summed E-state index contributed by atoms with van der Waals surface area (Å²) in [6, 6.07) is 0. The normalized spacial score (nSPS) is 35.3. The van der Waals surface area contributed by atoms with Crippen molar-refractivity contribution in [2.24, 2.45) is 5.92 Å². The van der Waals surface area contributed by atoms with E-state index in [0.717, 1.165) is 12.8 Å². The van der Waals surface area contributed by atoms with Crippen LogP contribution >= 0.6 is 0 Å². The molecule has 0 aromatic heterocycles. The zero-order chi connectivity index (χ0) is 14.4. The first kappa shape index (κ1) is 16.5. The minimum absolute atomic E-state index is 0.154. The Bertz CT molecular complexity index is 280. The second-order valence-corrected chi connectivity index (χ2v) is 5.10. The number of ketones is 1. The summed E-state index contributed by atoms with van der Waals surface area (Å²) >= 11 is 0. The van der Waals surface area contributed by atoms with Crippen LogP contribution in [0.5, 0.6) is 0 Å². The van der Waals surface area contributed by atoms with Gasteiger partial charge in [0.15, 0.2) is 6.29 Å². The van der Waals surface area contributed by atoms with E-state index in [2.05, 4.69) is 0 Å². The second-order valence-electron chi connectivity index (χ2n) is 5.10. The summed E-state index contributed by atoms with van der Waals surface area (Å²) in [5.41, 5.74) is 0. The smallest absolute Gasteiger partial charge is 0.163 e. The molecule has 6 heteroatoms. The van der Waals surface area contributed by atoms with Crippen molar-refractivity contribution in [1.29, 1.82) is 0 Å². The Morgan fingerprint density at radius 2 is 1.95 bits per heavy atom. The molecule has 0 spiro atoms. The van der Waals surface area contributed by atoms with Crippen LogP contribution in [0, 0.1) is 5.92 Å². The van der Waals surface area contributed by atoms with Gasteiger partial charge in [-0.2, -0.15) is 0 Å². The van der Waals surface area contributed by atoms with Crippen molar-refractivity contribution < 1.29 is 29.6 Å². The third-order valence-corrected chi connectivity index (χ3v) is 3.39. The average Bonchev–Trinajstić information content (AvgIpc) is 2.37. The number of ether oxygens (including phenoxy) is 2. The number of Topliss-reactive ketones (excluding diaryl/α,β-unsaturated/α-hetero) is 1. The third-order valence-electron chi connectivity index (χ3n) is 3.39. The summed E-state index contributed by atoms with van der Waals surface area (Å²) in [4.78, 5) is 10.8. The van der Waals surface area contributed by atoms with E-state index in [-0.39, 0.29) is 18.3 Å². The highest BCUT2D eigenvalue weighted by Gasteiger charge is 2.42. The van der Waals surface area contributed by atoms with Gasteiger partial charge in [-0.1, -0.05) is 6.92 Å². The average molecular weight is 276 g/mol. The van der Waals surface area contributed by atoms with Crippen molar-refractivity contribution in [2.45, 2.75) is 57.7 Å². The SMILES string of the molecule is CC(=O)CCCCOC1OC(CO)[C@H](O)[C@H](O)[C@@H]1C. The van der Waals surface area contributed by atoms with Gasteiger partial charge >= 0.3 is 0 Å². The summed E-state index contributed by atoms with van der Waals surface area (Å²) in [7, 11) is 0. The number of hydrogen-bond donors (Lipinski definition) is 3. The number of aliphatic hydroxyl groups excluding tert-OH is 3. The number of carbonyl (C=O) groups is 1. The molecule has 0 aliphatic carbocycles. The van der Waals surface area contributed by atoms with Gasteiger partial charge in [0, 0.05) is 18.9 Å². The van der Waals surface area contributed by atoms with E-state index in [1.54, 1.807) is 13.8 Å². The van der Waals surface area contributed by atoms with Gasteiger partial charge in [0.2, 0.25) is 0 Å². The van der Waals surface area contributed by atoms with Crippen LogP contribution in [0.2, 0.25) is 0 Å². The molecular formula is C13H24O6. The first-order valence-electron chi connectivity index (χ1n) is 6.71. The van der Waals surface area contributed by atoms with Gasteiger partial charge in [0.1, 0.15) is 18.0 Å². The van der Waals surface area contributed by atoms with Gasteiger partial charge < -0.3 is 29.6 Å². The Hall–Kier alpha value is -0.530. The molecular weight excluding hydrogens is 252 g/mol. The Balaban J connectivity index is 2.33. The molecule has 5 atom stereocenters. The van der Waals surface area contributed by atoms with Crippen molar-refractivity contribution in [1.82, 2.24) is 0 Å². The molecule has 1 fully saturated rings. The molecule has 0 saturated carbocycles. The molecule has 1 saturated heterocycles. The highest BCUT2D eigenvalue weighted by Crippen LogP contribution is 2.26. The summed E-state index contributed by atoms with van der Waals surface area (Å²) in [5, 5.41) is 28.6. The fraction of sp³-hybridized carbons (Fsp3) is 0.923. The maximum atomic E-state index is 10.8. The molecule has 1 aliphatic rings. The molecule has 6 nitrogen and oxygen atoms in total. The van der Waals surface area contributed by atoms with Gasteiger partial charge in [-0.25, -0.2) is 0 Å². The van der Waals surface area contributed by atoms with E-state index < -0.39 is 24.6 Å². The molecule has 19 heavy (non-hydrogen) atoms. The molecule has 1 rings (SSSR count). The maximum absolute atomic E-state index is 10.8. The second kappa shape index (κ2) is 7.91. The zero-order valence-electron chi connectivity index (χ0n) is 11.5. The Kier molecular flexibility index (Phi) is 6.88. The molecule has 0 amide bonds. The first-order chi connectivity index (χ1) is 8.97. The Morgan fingerprint density at radius 1 is 1.26 bits per heavy atom. The van der Waals surface area contributed by atoms with Crippen molar-refractivity contribution in [2.75, 3.05) is 13.2 Å². The van der Waals surface area contributed by atoms with Crippen LogP contribution in [0.1, 0.15) is 33.1 Å². The predicted octanol–water partition coefficient (Wildman–Crippen LogP) is -0.163. The minimum Gasteiger partial charge on any atom is -0.394 e. The standard InChI is InChI=1S/C13H24O6/c1-8(15)5-3-4-6-18-13-9(2)11(16)12(17)10(7-14)19-13/h9-14,16-17H,3-7H2,1-2H3/t9-,10?,11+,12-,13?/m0/s1. The van der Waals surface area contributed by atoms with Crippen LogP contribution in [-0.4, -0.2) is 58.9 Å². The van der Waals surface area contributed by atoms with Crippen LogP contribution in [-0.2, 0) is 14.3 Å². The molecule has 1 heterocycles. The lowest BCUT2D eigenvalue weighted by molar-refractivity contribution is -0.282. The van der Waals surface area contributed by atoms with Crippen LogP contribution < -0.4 is 0 Å². The molecule has 0 aromatic carbocycles. The van der Waals surface area contributed by atoms with E-state index in [4.69, 9.17) is 14.6 Å². The quantitative estimate of drug-likeness (QED) is 0.559. The molecule has 0 radical (unpaired) electrons. The van der Waals surface area contributed by atoms with Crippen LogP contribution in [0.15, 0.2) is 0 Å². The highest BCUT2D eigenvalue weighted by molar-refractivity contribution is 5.75. The minimum atomic E-state index is -1.10. The Labute approximate surface area is 113 Å². The molecule has 0 bridgehead atoms. The summed E-state index contributed by atoms with van der Waals surface area (Å²) < 4.78 is 10.9. The number of aliphatic hydroxyl groups is 3. The number of unbranched alkanes of at least 4 members (excludes halogenated alkanes) is 1. The van der Waals surface area contributed by atoms with Crippen molar-refractivity contribution >= 4 is 5.78 Å². The van der Waals surface area contributed by atoms with Crippen molar-refractivity contribution in [3.8, 4) is 0 Å². The number of rotatable bonds is 7. The molecule has 1 aliphatic heterocycles. The van der Waals surface area contributed by atoms with Crippen molar-refractivity contribution in [3.05, 3.63) is 0 Å². The van der Waals surface area contributed by atoms with E-state index in [1.165, 1.54) is 0 Å². The maximum Gasteiger partial charge on any atom is 0.163 e. The fourth-order valence-corrected chi connectivity index (χ4v) is 2.09. The highest BCUT2D eigenvalue weighted by atomic mass is 16.7. The van der Waals surface area contributed by atoms with E-state index in [9.17, 15) is 15.0 Å². The predicted molar refractivity (Wildman–Crippen MR) is 67.4 cm³/mol. The zero-order valence-corrected chi connectivity index (χ0v) is 11.5. The van der Waals surface area contributed by atoms with E-state index in [1.807, 2.05) is 0 Å².